The molecule has 1 aromatic heterocycles. The summed E-state index contributed by atoms with van der Waals surface area (Å²) in [4.78, 5) is 29.1. The van der Waals surface area contributed by atoms with Gasteiger partial charge in [-0.15, -0.1) is 11.3 Å². The summed E-state index contributed by atoms with van der Waals surface area (Å²) in [6, 6.07) is 5.71. The highest BCUT2D eigenvalue weighted by molar-refractivity contribution is 7.89. The number of anilines is 1. The second kappa shape index (κ2) is 9.67. The van der Waals surface area contributed by atoms with E-state index in [0.717, 1.165) is 22.8 Å². The number of hydrogen-bond acceptors (Lipinski definition) is 6. The van der Waals surface area contributed by atoms with Crippen molar-refractivity contribution in [3.05, 3.63) is 40.9 Å². The number of amides is 2. The third kappa shape index (κ3) is 5.44. The Labute approximate surface area is 180 Å². The molecule has 0 bridgehead atoms. The third-order valence-electron chi connectivity index (χ3n) is 5.08. The normalized spacial score (nSPS) is 15.2. The van der Waals surface area contributed by atoms with Crippen LogP contribution in [0.3, 0.4) is 0 Å². The molecule has 0 unspecified atom stereocenters. The van der Waals surface area contributed by atoms with Gasteiger partial charge in [0.25, 0.3) is 5.91 Å². The Hall–Kier alpha value is -2.30. The van der Waals surface area contributed by atoms with Crippen molar-refractivity contribution in [3.63, 3.8) is 0 Å². The number of carbonyl (C=O) groups excluding carboxylic acids is 2. The number of aromatic nitrogens is 1. The standard InChI is InChI=1S/C20H26N4O4S2/c1-24(2)30(27,28)16-10-6-9-15(11-16)19(26)21-12-18(25)23-20-22-17(13-29-20)14-7-4-3-5-8-14/h6,9-11,13-14H,3-5,7-8,12H2,1-2H3,(H,21,26)(H,22,23,25). The average molecular weight is 451 g/mol. The Kier molecular flexibility index (Phi) is 7.22. The number of nitrogens with zero attached hydrogens (tertiary/aromatic N) is 2. The van der Waals surface area contributed by atoms with Gasteiger partial charge in [-0.1, -0.05) is 25.3 Å². The van der Waals surface area contributed by atoms with Crippen molar-refractivity contribution in [1.82, 2.24) is 14.6 Å². The van der Waals surface area contributed by atoms with E-state index in [1.807, 2.05) is 5.38 Å². The molecular weight excluding hydrogens is 424 g/mol. The summed E-state index contributed by atoms with van der Waals surface area (Å²) >= 11 is 1.38. The minimum Gasteiger partial charge on any atom is -0.343 e. The lowest BCUT2D eigenvalue weighted by Crippen LogP contribution is -2.33. The monoisotopic (exact) mass is 450 g/mol. The van der Waals surface area contributed by atoms with E-state index in [1.54, 1.807) is 0 Å². The fraction of sp³-hybridized carbons (Fsp3) is 0.450. The van der Waals surface area contributed by atoms with Crippen molar-refractivity contribution in [3.8, 4) is 0 Å². The minimum absolute atomic E-state index is 0.0163. The molecule has 0 spiro atoms. The summed E-state index contributed by atoms with van der Waals surface area (Å²) in [5.41, 5.74) is 1.19. The first-order valence-electron chi connectivity index (χ1n) is 9.83. The van der Waals surface area contributed by atoms with Crippen LogP contribution in [0.5, 0.6) is 0 Å². The van der Waals surface area contributed by atoms with Crippen LogP contribution in [0.25, 0.3) is 0 Å². The van der Waals surface area contributed by atoms with Crippen molar-refractivity contribution >= 4 is 38.3 Å². The van der Waals surface area contributed by atoms with E-state index in [0.29, 0.717) is 11.0 Å². The molecule has 1 aromatic carbocycles. The highest BCUT2D eigenvalue weighted by atomic mass is 32.2. The van der Waals surface area contributed by atoms with Gasteiger partial charge >= 0.3 is 0 Å². The summed E-state index contributed by atoms with van der Waals surface area (Å²) in [5.74, 6) is -0.445. The number of nitrogens with one attached hydrogen (secondary N) is 2. The molecule has 0 aliphatic heterocycles. The van der Waals surface area contributed by atoms with Gasteiger partial charge in [0, 0.05) is 31.0 Å². The van der Waals surface area contributed by atoms with Gasteiger partial charge in [0.1, 0.15) is 0 Å². The van der Waals surface area contributed by atoms with Gasteiger partial charge in [0.2, 0.25) is 15.9 Å². The summed E-state index contributed by atoms with van der Waals surface area (Å²) in [5, 5.41) is 7.73. The van der Waals surface area contributed by atoms with Crippen LogP contribution < -0.4 is 10.6 Å². The topological polar surface area (TPSA) is 108 Å². The average Bonchev–Trinajstić information content (AvgIpc) is 3.21. The van der Waals surface area contributed by atoms with E-state index in [-0.39, 0.29) is 22.9 Å². The fourth-order valence-electron chi connectivity index (χ4n) is 3.36. The Morgan fingerprint density at radius 2 is 1.93 bits per heavy atom. The Morgan fingerprint density at radius 3 is 2.63 bits per heavy atom. The van der Waals surface area contributed by atoms with Gasteiger partial charge in [0.05, 0.1) is 17.1 Å². The van der Waals surface area contributed by atoms with Crippen LogP contribution in [0.15, 0.2) is 34.5 Å². The lowest BCUT2D eigenvalue weighted by atomic mass is 9.87. The molecule has 8 nitrogen and oxygen atoms in total. The molecule has 3 rings (SSSR count). The first-order valence-corrected chi connectivity index (χ1v) is 12.2. The molecule has 2 N–H and O–H groups in total. The molecule has 10 heteroatoms. The van der Waals surface area contributed by atoms with Gasteiger partial charge in [-0.3, -0.25) is 9.59 Å². The predicted molar refractivity (Wildman–Crippen MR) is 116 cm³/mol. The van der Waals surface area contributed by atoms with Crippen molar-refractivity contribution in [2.75, 3.05) is 26.0 Å². The largest absolute Gasteiger partial charge is 0.343 e. The van der Waals surface area contributed by atoms with Crippen molar-refractivity contribution in [1.29, 1.82) is 0 Å². The number of sulfonamides is 1. The second-order valence-electron chi connectivity index (χ2n) is 7.46. The quantitative estimate of drug-likeness (QED) is 0.674. The van der Waals surface area contributed by atoms with Crippen LogP contribution >= 0.6 is 11.3 Å². The molecular formula is C20H26N4O4S2. The molecule has 1 fully saturated rings. The molecule has 30 heavy (non-hydrogen) atoms. The third-order valence-corrected chi connectivity index (χ3v) is 7.66. The Bertz CT molecular complexity index is 1010. The van der Waals surface area contributed by atoms with Gasteiger partial charge in [0.15, 0.2) is 5.13 Å². The molecule has 0 radical (unpaired) electrons. The number of carbonyl (C=O) groups is 2. The lowest BCUT2D eigenvalue weighted by Gasteiger charge is -2.19. The maximum absolute atomic E-state index is 12.3. The zero-order valence-corrected chi connectivity index (χ0v) is 18.7. The van der Waals surface area contributed by atoms with Gasteiger partial charge in [-0.05, 0) is 31.0 Å². The summed E-state index contributed by atoms with van der Waals surface area (Å²) in [7, 11) is -0.802. The van der Waals surface area contributed by atoms with E-state index in [2.05, 4.69) is 15.6 Å². The lowest BCUT2D eigenvalue weighted by molar-refractivity contribution is -0.115. The SMILES string of the molecule is CN(C)S(=O)(=O)c1cccc(C(=O)NCC(=O)Nc2nc(C3CCCCC3)cs2)c1. The summed E-state index contributed by atoms with van der Waals surface area (Å²) in [6.07, 6.45) is 5.97. The first-order chi connectivity index (χ1) is 14.3. The minimum atomic E-state index is -3.64. The fourth-order valence-corrected chi connectivity index (χ4v) is 5.12. The number of benzene rings is 1. The highest BCUT2D eigenvalue weighted by Gasteiger charge is 2.20. The van der Waals surface area contributed by atoms with Crippen LogP contribution in [-0.4, -0.2) is 50.2 Å². The van der Waals surface area contributed by atoms with Crippen LogP contribution in [-0.2, 0) is 14.8 Å². The zero-order chi connectivity index (χ0) is 21.7. The van der Waals surface area contributed by atoms with E-state index >= 15 is 0 Å². The Balaban J connectivity index is 1.55. The van der Waals surface area contributed by atoms with Crippen LogP contribution in [0.4, 0.5) is 5.13 Å². The van der Waals surface area contributed by atoms with E-state index < -0.39 is 15.9 Å². The van der Waals surface area contributed by atoms with Crippen molar-refractivity contribution in [2.24, 2.45) is 0 Å². The molecule has 2 aromatic rings. The first kappa shape index (κ1) is 22.4. The molecule has 1 aliphatic carbocycles. The molecule has 162 valence electrons. The predicted octanol–water partition coefficient (Wildman–Crippen LogP) is 2.81. The van der Waals surface area contributed by atoms with E-state index in [1.165, 1.54) is 69.0 Å². The zero-order valence-electron chi connectivity index (χ0n) is 17.1. The number of hydrogen-bond donors (Lipinski definition) is 2. The Morgan fingerprint density at radius 1 is 1.20 bits per heavy atom. The summed E-state index contributed by atoms with van der Waals surface area (Å²) < 4.78 is 25.5. The van der Waals surface area contributed by atoms with Gasteiger partial charge < -0.3 is 10.6 Å². The van der Waals surface area contributed by atoms with E-state index in [9.17, 15) is 18.0 Å². The van der Waals surface area contributed by atoms with Crippen LogP contribution in [0.2, 0.25) is 0 Å². The maximum atomic E-state index is 12.3. The summed E-state index contributed by atoms with van der Waals surface area (Å²) in [6.45, 7) is -0.234. The number of thiazole rings is 1. The van der Waals surface area contributed by atoms with Crippen LogP contribution in [0, 0.1) is 0 Å². The van der Waals surface area contributed by atoms with Crippen molar-refractivity contribution < 1.29 is 18.0 Å². The van der Waals surface area contributed by atoms with Crippen LogP contribution in [0.1, 0.15) is 54.1 Å². The van der Waals surface area contributed by atoms with Crippen molar-refractivity contribution in [2.45, 2.75) is 42.9 Å². The molecule has 1 saturated carbocycles. The van der Waals surface area contributed by atoms with Gasteiger partial charge in [-0.2, -0.15) is 0 Å². The smallest absolute Gasteiger partial charge is 0.251 e. The highest BCUT2D eigenvalue weighted by Crippen LogP contribution is 2.34. The molecule has 0 saturated heterocycles. The van der Waals surface area contributed by atoms with Gasteiger partial charge in [-0.25, -0.2) is 17.7 Å². The number of rotatable bonds is 7. The molecule has 1 aliphatic rings. The van der Waals surface area contributed by atoms with E-state index in [4.69, 9.17) is 0 Å². The molecule has 2 amide bonds. The second-order valence-corrected chi connectivity index (χ2v) is 10.5. The molecule has 0 atom stereocenters. The molecule has 1 heterocycles. The maximum Gasteiger partial charge on any atom is 0.251 e.